The lowest BCUT2D eigenvalue weighted by Crippen LogP contribution is -2.19. The van der Waals surface area contributed by atoms with E-state index in [1.807, 2.05) is 22.2 Å². The number of esters is 1. The molecule has 24 heavy (non-hydrogen) atoms. The summed E-state index contributed by atoms with van der Waals surface area (Å²) < 4.78 is 5.26. The number of benzene rings is 1. The summed E-state index contributed by atoms with van der Waals surface area (Å²) in [6.45, 7) is 0.112. The fraction of sp³-hybridized carbons (Fsp3) is 0.0625. The third-order valence-electron chi connectivity index (χ3n) is 3.06. The van der Waals surface area contributed by atoms with Gasteiger partial charge >= 0.3 is 12.0 Å². The number of anilines is 1. The monoisotopic (exact) mass is 359 g/mol. The molecule has 0 bridgehead atoms. The van der Waals surface area contributed by atoms with Gasteiger partial charge in [0.1, 0.15) is 11.6 Å². The zero-order valence-corrected chi connectivity index (χ0v) is 14.0. The first-order valence-electron chi connectivity index (χ1n) is 6.92. The standard InChI is InChI=1S/C16H13N3O3S2/c17-16(21)19-12-3-1-10(2-4-12)15(20)22-7-13-9-24-14(18-13)11-5-6-23-8-11/h1-6,8-9H,7H2,(H3,17,19,21). The Morgan fingerprint density at radius 1 is 1.17 bits per heavy atom. The van der Waals surface area contributed by atoms with Crippen LogP contribution in [0.25, 0.3) is 10.6 Å². The molecule has 0 spiro atoms. The fourth-order valence-electron chi connectivity index (χ4n) is 1.95. The van der Waals surface area contributed by atoms with E-state index in [1.54, 1.807) is 35.6 Å². The van der Waals surface area contributed by atoms with Crippen LogP contribution in [-0.2, 0) is 11.3 Å². The van der Waals surface area contributed by atoms with Crippen molar-refractivity contribution in [3.05, 3.63) is 57.7 Å². The zero-order chi connectivity index (χ0) is 16.9. The van der Waals surface area contributed by atoms with Crippen molar-refractivity contribution in [1.82, 2.24) is 4.98 Å². The second-order valence-electron chi connectivity index (χ2n) is 4.80. The van der Waals surface area contributed by atoms with E-state index in [-0.39, 0.29) is 6.61 Å². The predicted molar refractivity (Wildman–Crippen MR) is 94.2 cm³/mol. The second kappa shape index (κ2) is 7.24. The Bertz CT molecular complexity index is 842. The first-order valence-corrected chi connectivity index (χ1v) is 8.74. The van der Waals surface area contributed by atoms with Gasteiger partial charge in [-0.15, -0.1) is 11.3 Å². The van der Waals surface area contributed by atoms with Gasteiger partial charge in [-0.1, -0.05) is 0 Å². The van der Waals surface area contributed by atoms with Gasteiger partial charge in [0.15, 0.2) is 0 Å². The summed E-state index contributed by atoms with van der Waals surface area (Å²) in [6.07, 6.45) is 0. The Morgan fingerprint density at radius 3 is 2.62 bits per heavy atom. The molecule has 0 saturated carbocycles. The van der Waals surface area contributed by atoms with Gasteiger partial charge in [-0.2, -0.15) is 11.3 Å². The number of thiophene rings is 1. The van der Waals surface area contributed by atoms with E-state index in [2.05, 4.69) is 10.3 Å². The molecule has 0 unspecified atom stereocenters. The molecule has 8 heteroatoms. The molecule has 2 aromatic heterocycles. The summed E-state index contributed by atoms with van der Waals surface area (Å²) in [5, 5.41) is 9.22. The highest BCUT2D eigenvalue weighted by molar-refractivity contribution is 7.14. The normalized spacial score (nSPS) is 10.3. The third-order valence-corrected chi connectivity index (χ3v) is 4.68. The highest BCUT2D eigenvalue weighted by Gasteiger charge is 2.10. The van der Waals surface area contributed by atoms with Gasteiger partial charge in [0, 0.05) is 22.0 Å². The molecule has 0 atom stereocenters. The predicted octanol–water partition coefficient (Wildman–Crippen LogP) is 3.72. The molecule has 0 aliphatic carbocycles. The van der Waals surface area contributed by atoms with Crippen molar-refractivity contribution in [3.63, 3.8) is 0 Å². The second-order valence-corrected chi connectivity index (χ2v) is 6.44. The molecule has 0 aliphatic heterocycles. The van der Waals surface area contributed by atoms with E-state index in [9.17, 15) is 9.59 Å². The number of hydrogen-bond donors (Lipinski definition) is 2. The fourth-order valence-corrected chi connectivity index (χ4v) is 3.46. The van der Waals surface area contributed by atoms with E-state index >= 15 is 0 Å². The summed E-state index contributed by atoms with van der Waals surface area (Å²) in [5.41, 5.74) is 7.70. The number of thiazole rings is 1. The van der Waals surface area contributed by atoms with Crippen LogP contribution < -0.4 is 11.1 Å². The summed E-state index contributed by atoms with van der Waals surface area (Å²) in [5.74, 6) is -0.453. The van der Waals surface area contributed by atoms with E-state index in [1.165, 1.54) is 11.3 Å². The van der Waals surface area contributed by atoms with Gasteiger partial charge in [-0.25, -0.2) is 14.6 Å². The van der Waals surface area contributed by atoms with Gasteiger partial charge < -0.3 is 15.8 Å². The van der Waals surface area contributed by atoms with Crippen LogP contribution in [0.2, 0.25) is 0 Å². The number of rotatable bonds is 5. The lowest BCUT2D eigenvalue weighted by atomic mass is 10.2. The molecule has 3 aromatic rings. The molecule has 2 heterocycles. The molecule has 122 valence electrons. The van der Waals surface area contributed by atoms with Crippen LogP contribution in [-0.4, -0.2) is 17.0 Å². The number of primary amides is 1. The number of carbonyl (C=O) groups is 2. The molecule has 0 fully saturated rings. The van der Waals surface area contributed by atoms with Crippen molar-refractivity contribution in [1.29, 1.82) is 0 Å². The molecule has 6 nitrogen and oxygen atoms in total. The number of nitrogens with zero attached hydrogens (tertiary/aromatic N) is 1. The van der Waals surface area contributed by atoms with E-state index in [0.717, 1.165) is 10.6 Å². The topological polar surface area (TPSA) is 94.3 Å². The molecule has 1 aromatic carbocycles. The molecular weight excluding hydrogens is 346 g/mol. The van der Waals surface area contributed by atoms with Crippen LogP contribution in [0.5, 0.6) is 0 Å². The maximum absolute atomic E-state index is 12.0. The Balaban J connectivity index is 1.58. The lowest BCUT2D eigenvalue weighted by molar-refractivity contribution is 0.0468. The van der Waals surface area contributed by atoms with E-state index < -0.39 is 12.0 Å². The average molecular weight is 359 g/mol. The maximum Gasteiger partial charge on any atom is 0.338 e. The third kappa shape index (κ3) is 3.98. The first kappa shape index (κ1) is 16.2. The molecule has 2 amide bonds. The van der Waals surface area contributed by atoms with Gasteiger partial charge in [0.05, 0.1) is 11.3 Å². The van der Waals surface area contributed by atoms with Crippen LogP contribution in [0.4, 0.5) is 10.5 Å². The highest BCUT2D eigenvalue weighted by Crippen LogP contribution is 2.26. The average Bonchev–Trinajstić information content (AvgIpc) is 3.24. The molecule has 0 saturated heterocycles. The van der Waals surface area contributed by atoms with Crippen molar-refractivity contribution in [2.24, 2.45) is 5.73 Å². The van der Waals surface area contributed by atoms with E-state index in [0.29, 0.717) is 16.9 Å². The number of nitrogens with two attached hydrogens (primary N) is 1. The minimum absolute atomic E-state index is 0.112. The summed E-state index contributed by atoms with van der Waals surface area (Å²) >= 11 is 3.13. The lowest BCUT2D eigenvalue weighted by Gasteiger charge is -2.05. The van der Waals surface area contributed by atoms with Crippen molar-refractivity contribution in [2.45, 2.75) is 6.61 Å². The Kier molecular flexibility index (Phi) is 4.88. The molecule has 0 radical (unpaired) electrons. The quantitative estimate of drug-likeness (QED) is 0.679. The maximum atomic E-state index is 12.0. The largest absolute Gasteiger partial charge is 0.456 e. The Labute approximate surface area is 145 Å². The minimum Gasteiger partial charge on any atom is -0.456 e. The number of urea groups is 1. The number of aromatic nitrogens is 1. The summed E-state index contributed by atoms with van der Waals surface area (Å²) in [6, 6.07) is 7.63. The van der Waals surface area contributed by atoms with Gasteiger partial charge in [-0.3, -0.25) is 0 Å². The van der Waals surface area contributed by atoms with Crippen molar-refractivity contribution < 1.29 is 14.3 Å². The summed E-state index contributed by atoms with van der Waals surface area (Å²) in [4.78, 5) is 27.2. The molecule has 3 rings (SSSR count). The number of carbonyl (C=O) groups excluding carboxylic acids is 2. The number of nitrogens with one attached hydrogen (secondary N) is 1. The van der Waals surface area contributed by atoms with E-state index in [4.69, 9.17) is 10.5 Å². The Hall–Kier alpha value is -2.71. The van der Waals surface area contributed by atoms with Crippen molar-refractivity contribution in [2.75, 3.05) is 5.32 Å². The first-order chi connectivity index (χ1) is 11.6. The highest BCUT2D eigenvalue weighted by atomic mass is 32.1. The Morgan fingerprint density at radius 2 is 1.96 bits per heavy atom. The number of ether oxygens (including phenoxy) is 1. The molecule has 3 N–H and O–H groups in total. The van der Waals surface area contributed by atoms with Crippen LogP contribution in [0, 0.1) is 0 Å². The van der Waals surface area contributed by atoms with Crippen molar-refractivity contribution in [3.8, 4) is 10.6 Å². The van der Waals surface area contributed by atoms with Crippen LogP contribution in [0.3, 0.4) is 0 Å². The molecule has 0 aliphatic rings. The van der Waals surface area contributed by atoms with Crippen LogP contribution in [0.1, 0.15) is 16.1 Å². The molecular formula is C16H13N3O3S2. The van der Waals surface area contributed by atoms with Crippen LogP contribution in [0.15, 0.2) is 46.5 Å². The number of hydrogen-bond acceptors (Lipinski definition) is 6. The van der Waals surface area contributed by atoms with Crippen molar-refractivity contribution >= 4 is 40.4 Å². The minimum atomic E-state index is -0.657. The SMILES string of the molecule is NC(=O)Nc1ccc(C(=O)OCc2csc(-c3ccsc3)n2)cc1. The number of amides is 2. The van der Waals surface area contributed by atoms with Gasteiger partial charge in [0.25, 0.3) is 0 Å². The van der Waals surface area contributed by atoms with Gasteiger partial charge in [0.2, 0.25) is 0 Å². The van der Waals surface area contributed by atoms with Gasteiger partial charge in [-0.05, 0) is 35.7 Å². The van der Waals surface area contributed by atoms with Crippen LogP contribution >= 0.6 is 22.7 Å². The summed E-state index contributed by atoms with van der Waals surface area (Å²) in [7, 11) is 0. The smallest absolute Gasteiger partial charge is 0.338 e. The zero-order valence-electron chi connectivity index (χ0n) is 12.4.